The molecular weight excluding hydrogens is 407 g/mol. The Morgan fingerprint density at radius 3 is 2.26 bits per heavy atom. The fraction of sp³-hybridized carbons (Fsp3) is 0.269. The summed E-state index contributed by atoms with van der Waals surface area (Å²) in [6.07, 6.45) is 2.51. The highest BCUT2D eigenvalue weighted by Crippen LogP contribution is 2.64. The summed E-state index contributed by atoms with van der Waals surface area (Å²) in [4.78, 5) is 13.8. The first kappa shape index (κ1) is 21.7. The average Bonchev–Trinajstić information content (AvgIpc) is 3.25. The first-order chi connectivity index (χ1) is 15.1. The van der Waals surface area contributed by atoms with E-state index < -0.39 is 13.5 Å². The Hall–Kier alpha value is -2.52. The molecule has 2 atom stereocenters. The van der Waals surface area contributed by atoms with Crippen molar-refractivity contribution in [2.24, 2.45) is 5.92 Å². The van der Waals surface area contributed by atoms with Crippen molar-refractivity contribution in [2.75, 3.05) is 13.2 Å². The number of Topliss-reactive ketones (excluding diaryl/α,β-unsaturated/α-hetero) is 1. The van der Waals surface area contributed by atoms with Gasteiger partial charge in [-0.05, 0) is 36.6 Å². The van der Waals surface area contributed by atoms with Crippen molar-refractivity contribution in [1.29, 1.82) is 0 Å². The lowest BCUT2D eigenvalue weighted by Crippen LogP contribution is -2.22. The predicted molar refractivity (Wildman–Crippen MR) is 125 cm³/mol. The van der Waals surface area contributed by atoms with Crippen LogP contribution >= 0.6 is 7.60 Å². The molecule has 0 spiro atoms. The maximum atomic E-state index is 13.8. The van der Waals surface area contributed by atoms with Crippen molar-refractivity contribution in [3.63, 3.8) is 0 Å². The Kier molecular flexibility index (Phi) is 6.52. The number of hydrogen-bond donors (Lipinski definition) is 0. The van der Waals surface area contributed by atoms with Crippen molar-refractivity contribution in [3.8, 4) is 0 Å². The fourth-order valence-corrected chi connectivity index (χ4v) is 6.52. The van der Waals surface area contributed by atoms with Crippen LogP contribution in [0.25, 0.3) is 10.8 Å². The lowest BCUT2D eigenvalue weighted by molar-refractivity contribution is 0.0928. The molecule has 0 saturated carbocycles. The molecule has 0 N–H and O–H groups in total. The van der Waals surface area contributed by atoms with Gasteiger partial charge >= 0.3 is 7.60 Å². The van der Waals surface area contributed by atoms with E-state index in [0.717, 1.165) is 16.3 Å². The Bertz CT molecular complexity index is 1140. The van der Waals surface area contributed by atoms with Crippen LogP contribution in [0.4, 0.5) is 0 Å². The highest BCUT2D eigenvalue weighted by molar-refractivity contribution is 7.58. The minimum Gasteiger partial charge on any atom is -0.306 e. The summed E-state index contributed by atoms with van der Waals surface area (Å²) in [6.45, 7) is 4.08. The molecule has 0 saturated heterocycles. The van der Waals surface area contributed by atoms with Crippen molar-refractivity contribution < 1.29 is 18.4 Å². The molecular formula is C26H27O4P. The van der Waals surface area contributed by atoms with Gasteiger partial charge in [0.05, 0.1) is 19.1 Å². The molecule has 4 nitrogen and oxygen atoms in total. The molecule has 1 aliphatic carbocycles. The first-order valence-electron chi connectivity index (χ1n) is 10.8. The topological polar surface area (TPSA) is 52.6 Å². The van der Waals surface area contributed by atoms with E-state index in [1.54, 1.807) is 13.8 Å². The minimum atomic E-state index is -3.58. The maximum Gasteiger partial charge on any atom is 0.357 e. The van der Waals surface area contributed by atoms with Gasteiger partial charge in [0, 0.05) is 16.8 Å². The van der Waals surface area contributed by atoms with Crippen LogP contribution in [0.1, 0.15) is 42.1 Å². The van der Waals surface area contributed by atoms with E-state index in [0.29, 0.717) is 17.3 Å². The number of hydrogen-bond acceptors (Lipinski definition) is 4. The van der Waals surface area contributed by atoms with Crippen molar-refractivity contribution in [2.45, 2.75) is 26.2 Å². The van der Waals surface area contributed by atoms with Crippen LogP contribution in [0.15, 0.2) is 84.2 Å². The number of carbonyl (C=O) groups is 1. The summed E-state index contributed by atoms with van der Waals surface area (Å²) in [6, 6.07) is 23.5. The van der Waals surface area contributed by atoms with E-state index in [9.17, 15) is 9.36 Å². The van der Waals surface area contributed by atoms with Crippen molar-refractivity contribution in [3.05, 3.63) is 95.3 Å². The molecule has 31 heavy (non-hydrogen) atoms. The number of rotatable bonds is 8. The summed E-state index contributed by atoms with van der Waals surface area (Å²) in [5, 5.41) is 2.72. The molecule has 4 rings (SSSR count). The van der Waals surface area contributed by atoms with Crippen LogP contribution in [-0.4, -0.2) is 19.0 Å². The second-order valence-electron chi connectivity index (χ2n) is 7.58. The molecule has 5 heteroatoms. The molecule has 0 radical (unpaired) electrons. The van der Waals surface area contributed by atoms with Gasteiger partial charge in [-0.1, -0.05) is 78.9 Å². The molecule has 0 amide bonds. The van der Waals surface area contributed by atoms with E-state index >= 15 is 0 Å². The SMILES string of the molecule is CCOP(=O)(OCC)C1=CC[C@H](c2cccc3ccccc23)[C@H]1C(=O)c1ccccc1. The van der Waals surface area contributed by atoms with Crippen LogP contribution in [0.5, 0.6) is 0 Å². The molecule has 0 aromatic heterocycles. The van der Waals surface area contributed by atoms with E-state index in [2.05, 4.69) is 24.3 Å². The molecule has 3 aromatic carbocycles. The fourth-order valence-electron chi connectivity index (χ4n) is 4.50. The van der Waals surface area contributed by atoms with E-state index in [4.69, 9.17) is 9.05 Å². The first-order valence-corrected chi connectivity index (χ1v) is 12.3. The molecule has 0 unspecified atom stereocenters. The number of carbonyl (C=O) groups excluding carboxylic acids is 1. The Labute approximate surface area is 183 Å². The van der Waals surface area contributed by atoms with Gasteiger partial charge in [-0.2, -0.15) is 0 Å². The lowest BCUT2D eigenvalue weighted by Gasteiger charge is -2.27. The monoisotopic (exact) mass is 434 g/mol. The Balaban J connectivity index is 1.84. The van der Waals surface area contributed by atoms with Crippen LogP contribution in [0.2, 0.25) is 0 Å². The van der Waals surface area contributed by atoms with Gasteiger partial charge in [-0.25, -0.2) is 0 Å². The number of benzene rings is 3. The summed E-state index contributed by atoms with van der Waals surface area (Å²) in [7, 11) is -3.58. The van der Waals surface area contributed by atoms with Gasteiger partial charge in [0.15, 0.2) is 5.78 Å². The normalized spacial score (nSPS) is 18.8. The second-order valence-corrected chi connectivity index (χ2v) is 9.61. The zero-order valence-electron chi connectivity index (χ0n) is 17.9. The van der Waals surface area contributed by atoms with Gasteiger partial charge in [-0.15, -0.1) is 0 Å². The molecule has 0 heterocycles. The average molecular weight is 434 g/mol. The summed E-state index contributed by atoms with van der Waals surface area (Å²) < 4.78 is 25.0. The maximum absolute atomic E-state index is 13.8. The molecule has 0 aliphatic heterocycles. The Morgan fingerprint density at radius 2 is 1.55 bits per heavy atom. The summed E-state index contributed by atoms with van der Waals surface area (Å²) in [5.41, 5.74) is 1.68. The zero-order chi connectivity index (χ0) is 21.8. The smallest absolute Gasteiger partial charge is 0.306 e. The van der Waals surface area contributed by atoms with Gasteiger partial charge in [0.2, 0.25) is 0 Å². The third-order valence-electron chi connectivity index (χ3n) is 5.78. The summed E-state index contributed by atoms with van der Waals surface area (Å²) >= 11 is 0. The highest BCUT2D eigenvalue weighted by Gasteiger charge is 2.46. The highest BCUT2D eigenvalue weighted by atomic mass is 31.2. The zero-order valence-corrected chi connectivity index (χ0v) is 18.8. The second kappa shape index (κ2) is 9.32. The van der Waals surface area contributed by atoms with Crippen LogP contribution < -0.4 is 0 Å². The van der Waals surface area contributed by atoms with Crippen molar-refractivity contribution in [1.82, 2.24) is 0 Å². The van der Waals surface area contributed by atoms with Crippen LogP contribution in [0, 0.1) is 5.92 Å². The molecule has 3 aromatic rings. The number of ketones is 1. The van der Waals surface area contributed by atoms with Crippen molar-refractivity contribution >= 4 is 24.2 Å². The van der Waals surface area contributed by atoms with Gasteiger partial charge in [0.25, 0.3) is 0 Å². The molecule has 1 aliphatic rings. The minimum absolute atomic E-state index is 0.0538. The standard InChI is InChI=1S/C26H27O4P/c1-3-29-31(28,30-4-2)24-18-17-23(25(24)26(27)20-12-6-5-7-13-20)22-16-10-14-19-11-8-9-15-21(19)22/h5-16,18,23,25H,3-4,17H2,1-2H3/t23-,25-/m1/s1. The van der Waals surface area contributed by atoms with E-state index in [1.165, 1.54) is 0 Å². The number of fused-ring (bicyclic) bond motifs is 1. The predicted octanol–water partition coefficient (Wildman–Crippen LogP) is 6.98. The third-order valence-corrected chi connectivity index (χ3v) is 8.07. The lowest BCUT2D eigenvalue weighted by atomic mass is 9.81. The Morgan fingerprint density at radius 1 is 0.903 bits per heavy atom. The van der Waals surface area contributed by atoms with Crippen LogP contribution in [0.3, 0.4) is 0 Å². The largest absolute Gasteiger partial charge is 0.357 e. The van der Waals surface area contributed by atoms with E-state index in [1.807, 2.05) is 54.6 Å². The van der Waals surface area contributed by atoms with Gasteiger partial charge < -0.3 is 9.05 Å². The van der Waals surface area contributed by atoms with Gasteiger partial charge in [0.1, 0.15) is 0 Å². The molecule has 160 valence electrons. The third kappa shape index (κ3) is 4.16. The van der Waals surface area contributed by atoms with Crippen LogP contribution in [-0.2, 0) is 13.6 Å². The van der Waals surface area contributed by atoms with E-state index in [-0.39, 0.29) is 24.9 Å². The molecule has 0 bridgehead atoms. The number of allylic oxidation sites excluding steroid dienone is 2. The molecule has 0 fully saturated rings. The quantitative estimate of drug-likeness (QED) is 0.284. The van der Waals surface area contributed by atoms with Gasteiger partial charge in [-0.3, -0.25) is 9.36 Å². The summed E-state index contributed by atoms with van der Waals surface area (Å²) in [5.74, 6) is -0.790.